The fourth-order valence-corrected chi connectivity index (χ4v) is 1.81. The van der Waals surface area contributed by atoms with E-state index in [0.717, 1.165) is 22.3 Å². The molecule has 0 aliphatic carbocycles. The van der Waals surface area contributed by atoms with Crippen LogP contribution in [0, 0.1) is 6.92 Å². The van der Waals surface area contributed by atoms with Crippen LogP contribution < -0.4 is 5.73 Å². The maximum atomic E-state index is 9.49. The molecule has 2 nitrogen and oxygen atoms in total. The number of aromatic hydroxyl groups is 1. The molecule has 0 saturated carbocycles. The SMILES string of the molecule is Cc1cc(-c2cccc(C(N)=S)c2)ccc1O. The minimum Gasteiger partial charge on any atom is -0.508 e. The van der Waals surface area contributed by atoms with E-state index in [1.165, 1.54) is 0 Å². The Hall–Kier alpha value is -1.87. The van der Waals surface area contributed by atoms with Crippen molar-refractivity contribution >= 4 is 17.2 Å². The van der Waals surface area contributed by atoms with Crippen LogP contribution >= 0.6 is 12.2 Å². The van der Waals surface area contributed by atoms with E-state index in [0.29, 0.717) is 10.7 Å². The lowest BCUT2D eigenvalue weighted by Gasteiger charge is -2.06. The second-order valence-electron chi connectivity index (χ2n) is 3.95. The van der Waals surface area contributed by atoms with Gasteiger partial charge in [-0.15, -0.1) is 0 Å². The third-order valence-electron chi connectivity index (χ3n) is 2.68. The Morgan fingerprint density at radius 1 is 1.12 bits per heavy atom. The van der Waals surface area contributed by atoms with Gasteiger partial charge in [0.15, 0.2) is 0 Å². The second kappa shape index (κ2) is 4.55. The Kier molecular flexibility index (Phi) is 3.11. The molecule has 0 heterocycles. The summed E-state index contributed by atoms with van der Waals surface area (Å²) in [5, 5.41) is 9.49. The van der Waals surface area contributed by atoms with Crippen molar-refractivity contribution < 1.29 is 5.11 Å². The van der Waals surface area contributed by atoms with E-state index in [1.54, 1.807) is 6.07 Å². The maximum Gasteiger partial charge on any atom is 0.118 e. The molecule has 3 heteroatoms. The molecule has 0 bridgehead atoms. The molecule has 0 fully saturated rings. The Bertz CT molecular complexity index is 578. The van der Waals surface area contributed by atoms with Gasteiger partial charge in [-0.2, -0.15) is 0 Å². The van der Waals surface area contributed by atoms with E-state index < -0.39 is 0 Å². The number of phenols is 1. The molecule has 0 aliphatic rings. The quantitative estimate of drug-likeness (QED) is 0.797. The largest absolute Gasteiger partial charge is 0.508 e. The van der Waals surface area contributed by atoms with Gasteiger partial charge >= 0.3 is 0 Å². The maximum absolute atomic E-state index is 9.49. The minimum absolute atomic E-state index is 0.305. The molecule has 2 aromatic carbocycles. The van der Waals surface area contributed by atoms with Crippen LogP contribution in [-0.4, -0.2) is 10.1 Å². The van der Waals surface area contributed by atoms with Crippen LogP contribution in [0.5, 0.6) is 5.75 Å². The lowest BCUT2D eigenvalue weighted by molar-refractivity contribution is 0.471. The minimum atomic E-state index is 0.305. The molecule has 0 atom stereocenters. The Morgan fingerprint density at radius 3 is 2.47 bits per heavy atom. The van der Waals surface area contributed by atoms with Gasteiger partial charge in [-0.1, -0.05) is 36.5 Å². The third kappa shape index (κ3) is 2.45. The summed E-state index contributed by atoms with van der Waals surface area (Å²) in [4.78, 5) is 0.391. The van der Waals surface area contributed by atoms with Crippen molar-refractivity contribution in [2.75, 3.05) is 0 Å². The molecule has 0 amide bonds. The van der Waals surface area contributed by atoms with Gasteiger partial charge in [-0.05, 0) is 41.8 Å². The number of hydrogen-bond donors (Lipinski definition) is 2. The average Bonchev–Trinajstić information content (AvgIpc) is 2.33. The summed E-state index contributed by atoms with van der Waals surface area (Å²) in [5.74, 6) is 0.305. The normalized spacial score (nSPS) is 10.2. The monoisotopic (exact) mass is 243 g/mol. The summed E-state index contributed by atoms with van der Waals surface area (Å²) < 4.78 is 0. The lowest BCUT2D eigenvalue weighted by atomic mass is 10.0. The zero-order chi connectivity index (χ0) is 12.4. The fraction of sp³-hybridized carbons (Fsp3) is 0.0714. The first-order valence-electron chi connectivity index (χ1n) is 5.28. The van der Waals surface area contributed by atoms with Crippen molar-refractivity contribution in [3.05, 3.63) is 53.6 Å². The molecule has 0 unspecified atom stereocenters. The molecule has 0 radical (unpaired) electrons. The summed E-state index contributed by atoms with van der Waals surface area (Å²) in [6.45, 7) is 1.87. The van der Waals surface area contributed by atoms with Crippen LogP contribution in [0.3, 0.4) is 0 Å². The average molecular weight is 243 g/mol. The number of thiocarbonyl (C=S) groups is 1. The van der Waals surface area contributed by atoms with Gasteiger partial charge in [-0.25, -0.2) is 0 Å². The molecular formula is C14H13NOS. The predicted octanol–water partition coefficient (Wildman–Crippen LogP) is 3.00. The molecule has 86 valence electrons. The summed E-state index contributed by atoms with van der Waals surface area (Å²) >= 11 is 4.96. The third-order valence-corrected chi connectivity index (χ3v) is 2.91. The molecule has 0 aliphatic heterocycles. The van der Waals surface area contributed by atoms with E-state index >= 15 is 0 Å². The standard InChI is InChI=1S/C14H13NOS/c1-9-7-11(5-6-13(9)16)10-3-2-4-12(8-10)14(15)17/h2-8,16H,1H3,(H2,15,17). The van der Waals surface area contributed by atoms with E-state index in [9.17, 15) is 5.11 Å². The molecule has 3 N–H and O–H groups in total. The van der Waals surface area contributed by atoms with Crippen LogP contribution in [0.1, 0.15) is 11.1 Å². The molecule has 2 aromatic rings. The van der Waals surface area contributed by atoms with Gasteiger partial charge < -0.3 is 10.8 Å². The number of hydrogen-bond acceptors (Lipinski definition) is 2. The summed E-state index contributed by atoms with van der Waals surface area (Å²) in [7, 11) is 0. The molecule has 0 saturated heterocycles. The highest BCUT2D eigenvalue weighted by Gasteiger charge is 2.03. The number of aryl methyl sites for hydroxylation is 1. The van der Waals surface area contributed by atoms with E-state index in [1.807, 2.05) is 43.3 Å². The molecule has 17 heavy (non-hydrogen) atoms. The van der Waals surface area contributed by atoms with Crippen molar-refractivity contribution in [1.29, 1.82) is 0 Å². The molecule has 2 rings (SSSR count). The summed E-state index contributed by atoms with van der Waals surface area (Å²) in [5.41, 5.74) is 9.39. The van der Waals surface area contributed by atoms with Gasteiger partial charge in [0, 0.05) is 5.56 Å². The van der Waals surface area contributed by atoms with Crippen LogP contribution in [0.15, 0.2) is 42.5 Å². The molecular weight excluding hydrogens is 230 g/mol. The Labute approximate surface area is 106 Å². The lowest BCUT2D eigenvalue weighted by Crippen LogP contribution is -2.08. The summed E-state index contributed by atoms with van der Waals surface area (Å²) in [6, 6.07) is 13.3. The van der Waals surface area contributed by atoms with Gasteiger partial charge in [0.05, 0.1) is 0 Å². The highest BCUT2D eigenvalue weighted by molar-refractivity contribution is 7.80. The van der Waals surface area contributed by atoms with E-state index in [4.69, 9.17) is 18.0 Å². The predicted molar refractivity (Wildman–Crippen MR) is 74.2 cm³/mol. The van der Waals surface area contributed by atoms with Gasteiger partial charge in [-0.3, -0.25) is 0 Å². The van der Waals surface area contributed by atoms with Crippen LogP contribution in [0.2, 0.25) is 0 Å². The van der Waals surface area contributed by atoms with Crippen molar-refractivity contribution in [1.82, 2.24) is 0 Å². The van der Waals surface area contributed by atoms with Crippen molar-refractivity contribution in [3.63, 3.8) is 0 Å². The highest BCUT2D eigenvalue weighted by Crippen LogP contribution is 2.25. The second-order valence-corrected chi connectivity index (χ2v) is 4.39. The Morgan fingerprint density at radius 2 is 1.82 bits per heavy atom. The van der Waals surface area contributed by atoms with Crippen LogP contribution in [0.25, 0.3) is 11.1 Å². The molecule has 0 aromatic heterocycles. The van der Waals surface area contributed by atoms with Gasteiger partial charge in [0.25, 0.3) is 0 Å². The van der Waals surface area contributed by atoms with E-state index in [-0.39, 0.29) is 0 Å². The van der Waals surface area contributed by atoms with E-state index in [2.05, 4.69) is 0 Å². The number of phenolic OH excluding ortho intramolecular Hbond substituents is 1. The molecule has 0 spiro atoms. The highest BCUT2D eigenvalue weighted by atomic mass is 32.1. The first-order valence-corrected chi connectivity index (χ1v) is 5.68. The van der Waals surface area contributed by atoms with Crippen LogP contribution in [-0.2, 0) is 0 Å². The number of benzene rings is 2. The number of nitrogens with two attached hydrogens (primary N) is 1. The van der Waals surface area contributed by atoms with Crippen molar-refractivity contribution in [3.8, 4) is 16.9 Å². The zero-order valence-corrected chi connectivity index (χ0v) is 10.3. The topological polar surface area (TPSA) is 46.2 Å². The van der Waals surface area contributed by atoms with Crippen molar-refractivity contribution in [2.45, 2.75) is 6.92 Å². The first kappa shape index (κ1) is 11.6. The number of rotatable bonds is 2. The fourth-order valence-electron chi connectivity index (χ4n) is 1.69. The first-order chi connectivity index (χ1) is 8.08. The summed E-state index contributed by atoms with van der Waals surface area (Å²) in [6.07, 6.45) is 0. The van der Waals surface area contributed by atoms with Crippen LogP contribution in [0.4, 0.5) is 0 Å². The van der Waals surface area contributed by atoms with Gasteiger partial charge in [0.1, 0.15) is 10.7 Å². The zero-order valence-electron chi connectivity index (χ0n) is 9.47. The Balaban J connectivity index is 2.49. The van der Waals surface area contributed by atoms with Crippen molar-refractivity contribution in [2.24, 2.45) is 5.73 Å². The van der Waals surface area contributed by atoms with Gasteiger partial charge in [0.2, 0.25) is 0 Å². The smallest absolute Gasteiger partial charge is 0.118 e.